The Kier molecular flexibility index (Phi) is 5.26. The monoisotopic (exact) mass is 317 g/mol. The Morgan fingerprint density at radius 3 is 2.61 bits per heavy atom. The van der Waals surface area contributed by atoms with Crippen molar-refractivity contribution in [3.63, 3.8) is 0 Å². The van der Waals surface area contributed by atoms with Crippen molar-refractivity contribution in [2.24, 2.45) is 5.41 Å². The van der Waals surface area contributed by atoms with Crippen LogP contribution in [0.4, 0.5) is 0 Å². The molecule has 6 heteroatoms. The summed E-state index contributed by atoms with van der Waals surface area (Å²) in [7, 11) is 1.59. The summed E-state index contributed by atoms with van der Waals surface area (Å²) >= 11 is 0. The number of methoxy groups -OCH3 is 1. The first-order valence-electron chi connectivity index (χ1n) is 7.47. The van der Waals surface area contributed by atoms with Gasteiger partial charge in [0, 0.05) is 6.54 Å². The van der Waals surface area contributed by atoms with E-state index in [1.54, 1.807) is 13.2 Å². The molecule has 0 spiro atoms. The zero-order valence-corrected chi connectivity index (χ0v) is 14.0. The molecule has 0 radical (unpaired) electrons. The number of benzene rings is 1. The van der Waals surface area contributed by atoms with E-state index in [-0.39, 0.29) is 17.9 Å². The lowest BCUT2D eigenvalue weighted by Crippen LogP contribution is -2.32. The number of nitrogens with zero attached hydrogens (tertiary/aromatic N) is 1. The Bertz CT molecular complexity index is 659. The van der Waals surface area contributed by atoms with Gasteiger partial charge in [-0.3, -0.25) is 9.89 Å². The number of para-hydroxylation sites is 2. The van der Waals surface area contributed by atoms with Crippen LogP contribution in [0.5, 0.6) is 11.5 Å². The third kappa shape index (κ3) is 5.02. The highest BCUT2D eigenvalue weighted by Crippen LogP contribution is 2.26. The first-order valence-corrected chi connectivity index (χ1v) is 7.47. The van der Waals surface area contributed by atoms with Gasteiger partial charge in [-0.15, -0.1) is 0 Å². The van der Waals surface area contributed by atoms with Crippen LogP contribution in [0.2, 0.25) is 0 Å². The van der Waals surface area contributed by atoms with Crippen LogP contribution in [0.15, 0.2) is 30.3 Å². The predicted octanol–water partition coefficient (Wildman–Crippen LogP) is 2.77. The molecule has 0 aliphatic carbocycles. The molecular weight excluding hydrogens is 294 g/mol. The first-order chi connectivity index (χ1) is 10.9. The molecule has 2 aromatic rings. The zero-order valence-electron chi connectivity index (χ0n) is 14.0. The molecule has 23 heavy (non-hydrogen) atoms. The summed E-state index contributed by atoms with van der Waals surface area (Å²) in [5, 5.41) is 9.70. The number of aromatic nitrogens is 2. The molecule has 1 aromatic heterocycles. The number of H-pyrrole nitrogens is 1. The topological polar surface area (TPSA) is 76.2 Å². The molecule has 6 nitrogen and oxygen atoms in total. The van der Waals surface area contributed by atoms with Gasteiger partial charge < -0.3 is 14.8 Å². The summed E-state index contributed by atoms with van der Waals surface area (Å²) in [6.07, 6.45) is 0. The van der Waals surface area contributed by atoms with Crippen LogP contribution in [0.25, 0.3) is 0 Å². The Hall–Kier alpha value is -2.50. The number of carbonyl (C=O) groups excluding carboxylic acids is 1. The second kappa shape index (κ2) is 7.17. The summed E-state index contributed by atoms with van der Waals surface area (Å²) < 4.78 is 10.9. The molecule has 0 unspecified atom stereocenters. The second-order valence-corrected chi connectivity index (χ2v) is 6.46. The van der Waals surface area contributed by atoms with Gasteiger partial charge in [0.2, 0.25) is 0 Å². The summed E-state index contributed by atoms with van der Waals surface area (Å²) in [5.41, 5.74) is 1.10. The molecule has 124 valence electrons. The van der Waals surface area contributed by atoms with Gasteiger partial charge in [-0.05, 0) is 23.6 Å². The van der Waals surface area contributed by atoms with Crippen molar-refractivity contribution in [2.75, 3.05) is 13.7 Å². The highest BCUT2D eigenvalue weighted by Gasteiger charge is 2.15. The maximum Gasteiger partial charge on any atom is 0.271 e. The Morgan fingerprint density at radius 1 is 1.26 bits per heavy atom. The molecule has 1 heterocycles. The fourth-order valence-corrected chi connectivity index (χ4v) is 1.88. The van der Waals surface area contributed by atoms with E-state index in [2.05, 4.69) is 36.3 Å². The van der Waals surface area contributed by atoms with Crippen molar-refractivity contribution in [1.82, 2.24) is 15.5 Å². The zero-order chi connectivity index (χ0) is 16.9. The summed E-state index contributed by atoms with van der Waals surface area (Å²) in [6.45, 7) is 7.05. The van der Waals surface area contributed by atoms with Crippen LogP contribution in [0.3, 0.4) is 0 Å². The SMILES string of the molecule is COc1ccccc1OCc1cc(C(=O)NCC(C)(C)C)n[nH]1. The van der Waals surface area contributed by atoms with Gasteiger partial charge >= 0.3 is 0 Å². The van der Waals surface area contributed by atoms with Gasteiger partial charge in [0.1, 0.15) is 12.3 Å². The minimum absolute atomic E-state index is 0.0295. The smallest absolute Gasteiger partial charge is 0.271 e. The minimum atomic E-state index is -0.195. The minimum Gasteiger partial charge on any atom is -0.493 e. The first kappa shape index (κ1) is 16.9. The fourth-order valence-electron chi connectivity index (χ4n) is 1.88. The third-order valence-electron chi connectivity index (χ3n) is 3.10. The van der Waals surface area contributed by atoms with Crippen molar-refractivity contribution < 1.29 is 14.3 Å². The normalized spacial score (nSPS) is 11.1. The number of rotatable bonds is 6. The van der Waals surface area contributed by atoms with E-state index in [4.69, 9.17) is 9.47 Å². The lowest BCUT2D eigenvalue weighted by Gasteiger charge is -2.17. The van der Waals surface area contributed by atoms with Crippen LogP contribution in [-0.4, -0.2) is 29.8 Å². The molecular formula is C17H23N3O3. The molecule has 2 rings (SSSR count). The number of nitrogens with one attached hydrogen (secondary N) is 2. The maximum atomic E-state index is 12.0. The highest BCUT2D eigenvalue weighted by molar-refractivity contribution is 5.92. The molecule has 0 saturated heterocycles. The number of hydrogen-bond donors (Lipinski definition) is 2. The van der Waals surface area contributed by atoms with Gasteiger partial charge in [0.05, 0.1) is 12.8 Å². The standard InChI is InChI=1S/C17H23N3O3/c1-17(2,3)11-18-16(21)13-9-12(19-20-13)10-23-15-8-6-5-7-14(15)22-4/h5-9H,10-11H2,1-4H3,(H,18,21)(H,19,20). The molecule has 1 aromatic carbocycles. The van der Waals surface area contributed by atoms with Gasteiger partial charge in [-0.2, -0.15) is 5.10 Å². The van der Waals surface area contributed by atoms with E-state index in [1.165, 1.54) is 0 Å². The lowest BCUT2D eigenvalue weighted by atomic mass is 9.97. The van der Waals surface area contributed by atoms with Crippen molar-refractivity contribution in [1.29, 1.82) is 0 Å². The van der Waals surface area contributed by atoms with Gasteiger partial charge in [-0.25, -0.2) is 0 Å². The Morgan fingerprint density at radius 2 is 1.96 bits per heavy atom. The molecule has 1 amide bonds. The third-order valence-corrected chi connectivity index (χ3v) is 3.10. The summed E-state index contributed by atoms with van der Waals surface area (Å²) in [5.74, 6) is 1.11. The molecule has 0 bridgehead atoms. The van der Waals surface area contributed by atoms with Crippen LogP contribution >= 0.6 is 0 Å². The highest BCUT2D eigenvalue weighted by atomic mass is 16.5. The largest absolute Gasteiger partial charge is 0.493 e. The molecule has 0 atom stereocenters. The fraction of sp³-hybridized carbons (Fsp3) is 0.412. The lowest BCUT2D eigenvalue weighted by molar-refractivity contribution is 0.0934. The quantitative estimate of drug-likeness (QED) is 0.859. The Balaban J connectivity index is 1.93. The van der Waals surface area contributed by atoms with Crippen molar-refractivity contribution in [3.05, 3.63) is 41.7 Å². The van der Waals surface area contributed by atoms with E-state index < -0.39 is 0 Å². The molecule has 0 aliphatic rings. The van der Waals surface area contributed by atoms with Gasteiger partial charge in [-0.1, -0.05) is 32.9 Å². The number of hydrogen-bond acceptors (Lipinski definition) is 4. The van der Waals surface area contributed by atoms with E-state index in [9.17, 15) is 4.79 Å². The molecule has 2 N–H and O–H groups in total. The number of aromatic amines is 1. The average molecular weight is 317 g/mol. The van der Waals surface area contributed by atoms with E-state index >= 15 is 0 Å². The van der Waals surface area contributed by atoms with Crippen LogP contribution in [-0.2, 0) is 6.61 Å². The second-order valence-electron chi connectivity index (χ2n) is 6.46. The van der Waals surface area contributed by atoms with Crippen molar-refractivity contribution in [3.8, 4) is 11.5 Å². The predicted molar refractivity (Wildman–Crippen MR) is 87.7 cm³/mol. The molecule has 0 saturated carbocycles. The average Bonchev–Trinajstić information content (AvgIpc) is 2.99. The summed E-state index contributed by atoms with van der Waals surface area (Å²) in [4.78, 5) is 12.0. The van der Waals surface area contributed by atoms with Crippen LogP contribution < -0.4 is 14.8 Å². The number of amides is 1. The van der Waals surface area contributed by atoms with Gasteiger partial charge in [0.25, 0.3) is 5.91 Å². The van der Waals surface area contributed by atoms with Crippen molar-refractivity contribution >= 4 is 5.91 Å². The number of ether oxygens (including phenoxy) is 2. The van der Waals surface area contributed by atoms with E-state index in [1.807, 2.05) is 24.3 Å². The van der Waals surface area contributed by atoms with Gasteiger partial charge in [0.15, 0.2) is 11.5 Å². The summed E-state index contributed by atoms with van der Waals surface area (Å²) in [6, 6.07) is 9.09. The van der Waals surface area contributed by atoms with Crippen LogP contribution in [0, 0.1) is 5.41 Å². The molecule has 0 aliphatic heterocycles. The maximum absolute atomic E-state index is 12.0. The number of carbonyl (C=O) groups is 1. The Labute approximate surface area is 136 Å². The molecule has 0 fully saturated rings. The van der Waals surface area contributed by atoms with Crippen molar-refractivity contribution in [2.45, 2.75) is 27.4 Å². The van der Waals surface area contributed by atoms with Crippen LogP contribution in [0.1, 0.15) is 37.0 Å². The van der Waals surface area contributed by atoms with E-state index in [0.717, 1.165) is 5.69 Å². The van der Waals surface area contributed by atoms with E-state index in [0.29, 0.717) is 23.7 Å².